The molecule has 4 N–H and O–H groups in total. The fourth-order valence-electron chi connectivity index (χ4n) is 12.9. The smallest absolute Gasteiger partial charge is 0.399 e. The Morgan fingerprint density at radius 3 is 1.10 bits per heavy atom. The average molecular weight is 1620 g/mol. The third-order valence-corrected chi connectivity index (χ3v) is 21.1. The fraction of sp³-hybridized carbons (Fsp3) is 0.309. The van der Waals surface area contributed by atoms with Gasteiger partial charge in [0.15, 0.2) is 46.4 Å². The van der Waals surface area contributed by atoms with Crippen LogP contribution in [0.5, 0.6) is 34.5 Å². The molecule has 4 aliphatic heterocycles. The highest BCUT2D eigenvalue weighted by atomic mass is 35.5. The molecule has 3 aliphatic carbocycles. The molecule has 3 amide bonds. The molecule has 0 radical (unpaired) electrons. The standard InChI is InChI=1S/C25H19F5N2O4.C25H17F5N2O4.C17H13ClF2N2O3.C14H19BO3/c2*1-13-2-9-19(31-20(13)14-3-5-15(6-4-14)21(33)24(26,27)28)32-22(34)23(10-11-23)16-7-8-17-18(12-16)36-25(29,30)35-17;1-9-2-5-13(21-14(9)18)22-15(23)16(6-7-16)10-3-4-11-12(8-10)25-17(19,20)24-11;1-10(16)11-6-8-12(9-7-11)15-17-13(2,3)14(4,5)18-15/h2-9,12,21,33H,10-11H2,1H3,(H,31,32,34);2-9,12H,10-11H2,1H3,(H,31,32,34);2-5,8H,6-7H2,1H3,(H,21,22,23);6-9H,1-5H3. The molecule has 3 saturated carbocycles. The number of ether oxygens (including phenoxy) is 6. The van der Waals surface area contributed by atoms with Crippen molar-refractivity contribution in [1.29, 1.82) is 0 Å². The Labute approximate surface area is 653 Å². The number of rotatable bonds is 15. The second-order valence-corrected chi connectivity index (χ2v) is 29.7. The SMILES string of the molecule is CC(=O)c1ccc(B2OC(C)(C)C(C)(C)O2)cc1.Cc1ccc(NC(=O)C2(c3ccc4c(c3)OC(F)(F)O4)CC2)nc1-c1ccc(C(=O)C(F)(F)F)cc1.Cc1ccc(NC(=O)C2(c3ccc4c(c3)OC(F)(F)O4)CC2)nc1-c1ccc(C(O)C(F)(F)F)cc1.Cc1ccc(NC(=O)C2(c3ccc4c(c3)OC(F)(F)O4)CC2)nc1Cl. The van der Waals surface area contributed by atoms with Crippen molar-refractivity contribution in [2.45, 2.75) is 159 Å². The van der Waals surface area contributed by atoms with Crippen molar-refractivity contribution in [3.63, 3.8) is 0 Å². The molecule has 600 valence electrons. The number of carbonyl (C=O) groups is 5. The lowest BCUT2D eigenvalue weighted by molar-refractivity contribution is -0.287. The number of halogens is 13. The molecule has 34 heteroatoms. The van der Waals surface area contributed by atoms with Gasteiger partial charge in [-0.2, -0.15) is 26.3 Å². The van der Waals surface area contributed by atoms with E-state index in [-0.39, 0.29) is 93.5 Å². The number of ketones is 2. The van der Waals surface area contributed by atoms with E-state index in [9.17, 15) is 81.8 Å². The molecular weight excluding hydrogens is 1560 g/mol. The van der Waals surface area contributed by atoms with Crippen LogP contribution in [-0.2, 0) is 39.9 Å². The number of fused-ring (bicyclic) bond motifs is 3. The van der Waals surface area contributed by atoms with Gasteiger partial charge in [-0.3, -0.25) is 24.0 Å². The molecule has 1 unspecified atom stereocenters. The van der Waals surface area contributed by atoms with Crippen LogP contribution in [0.25, 0.3) is 22.5 Å². The van der Waals surface area contributed by atoms with Crippen LogP contribution in [0.4, 0.5) is 70.1 Å². The largest absolute Gasteiger partial charge is 0.586 e. The number of hydrogen-bond acceptors (Lipinski definition) is 17. The van der Waals surface area contributed by atoms with Crippen LogP contribution >= 0.6 is 11.6 Å². The number of benzene rings is 6. The van der Waals surface area contributed by atoms with Crippen LogP contribution in [0.1, 0.15) is 139 Å². The molecule has 115 heavy (non-hydrogen) atoms. The number of amides is 3. The average Bonchev–Trinajstić information content (AvgIpc) is 1.59. The van der Waals surface area contributed by atoms with Gasteiger partial charge in [0.1, 0.15) is 22.6 Å². The number of Topliss-reactive ketones (excluding diaryl/α,β-unsaturated/α-hetero) is 2. The maximum Gasteiger partial charge on any atom is 0.586 e. The number of carbonyl (C=O) groups excluding carboxylic acids is 5. The van der Waals surface area contributed by atoms with Gasteiger partial charge < -0.3 is 58.8 Å². The molecule has 0 bridgehead atoms. The van der Waals surface area contributed by atoms with E-state index >= 15 is 0 Å². The summed E-state index contributed by atoms with van der Waals surface area (Å²) in [6, 6.07) is 40.3. The summed E-state index contributed by atoms with van der Waals surface area (Å²) in [6.45, 7) is 15.0. The number of anilines is 3. The van der Waals surface area contributed by atoms with Crippen LogP contribution in [-0.4, -0.2) is 98.9 Å². The van der Waals surface area contributed by atoms with Gasteiger partial charge in [0.25, 0.3) is 5.78 Å². The number of hydrogen-bond donors (Lipinski definition) is 4. The van der Waals surface area contributed by atoms with Gasteiger partial charge in [-0.15, -0.1) is 26.3 Å². The highest BCUT2D eigenvalue weighted by molar-refractivity contribution is 6.62. The molecule has 3 aromatic heterocycles. The molecule has 4 fully saturated rings. The number of aliphatic hydroxyl groups excluding tert-OH is 1. The Morgan fingerprint density at radius 2 is 0.774 bits per heavy atom. The number of nitrogens with zero attached hydrogens (tertiary/aromatic N) is 3. The molecule has 7 aliphatic rings. The first kappa shape index (κ1) is 81.7. The van der Waals surface area contributed by atoms with Crippen molar-refractivity contribution in [3.05, 3.63) is 219 Å². The van der Waals surface area contributed by atoms with E-state index in [1.165, 1.54) is 78.9 Å². The summed E-state index contributed by atoms with van der Waals surface area (Å²) in [5.74, 6) is -2.77. The first-order valence-corrected chi connectivity index (χ1v) is 35.9. The summed E-state index contributed by atoms with van der Waals surface area (Å²) in [5, 5.41) is 18.0. The topological polar surface area (TPSA) is 254 Å². The van der Waals surface area contributed by atoms with Gasteiger partial charge in [-0.1, -0.05) is 121 Å². The second kappa shape index (κ2) is 29.8. The summed E-state index contributed by atoms with van der Waals surface area (Å²) in [5.41, 5.74) is 3.15. The molecule has 16 rings (SSSR count). The van der Waals surface area contributed by atoms with Gasteiger partial charge in [-0.05, 0) is 193 Å². The van der Waals surface area contributed by atoms with E-state index in [2.05, 4.69) is 59.3 Å². The van der Waals surface area contributed by atoms with Gasteiger partial charge in [0.05, 0.1) is 38.8 Å². The lowest BCUT2D eigenvalue weighted by Gasteiger charge is -2.32. The lowest BCUT2D eigenvalue weighted by Crippen LogP contribution is -2.41. The zero-order chi connectivity index (χ0) is 83.1. The van der Waals surface area contributed by atoms with Crippen molar-refractivity contribution >= 4 is 70.9 Å². The van der Waals surface area contributed by atoms with Gasteiger partial charge in [0.2, 0.25) is 17.7 Å². The number of aliphatic hydroxyl groups is 1. The second-order valence-electron chi connectivity index (χ2n) is 29.4. The van der Waals surface area contributed by atoms with E-state index in [4.69, 9.17) is 20.9 Å². The van der Waals surface area contributed by atoms with Crippen molar-refractivity contribution in [3.8, 4) is 57.0 Å². The number of nitrogens with one attached hydrogen (secondary N) is 3. The molecular formula is C81H68BClF12N6O14. The molecule has 1 saturated heterocycles. The van der Waals surface area contributed by atoms with Crippen molar-refractivity contribution < 1.29 is 119 Å². The van der Waals surface area contributed by atoms with E-state index < -0.39 is 64.9 Å². The Hall–Kier alpha value is -11.3. The Balaban J connectivity index is 0.000000138. The minimum atomic E-state index is -4.97. The zero-order valence-electron chi connectivity index (χ0n) is 62.0. The van der Waals surface area contributed by atoms with Crippen molar-refractivity contribution in [2.24, 2.45) is 0 Å². The van der Waals surface area contributed by atoms with Gasteiger partial charge in [-0.25, -0.2) is 15.0 Å². The maximum absolute atomic E-state index is 13.4. The Kier molecular flexibility index (Phi) is 21.2. The van der Waals surface area contributed by atoms with Crippen LogP contribution in [0.2, 0.25) is 5.15 Å². The zero-order valence-corrected chi connectivity index (χ0v) is 62.8. The fourth-order valence-corrected chi connectivity index (χ4v) is 13.1. The van der Waals surface area contributed by atoms with Crippen LogP contribution in [0, 0.1) is 20.8 Å². The summed E-state index contributed by atoms with van der Waals surface area (Å²) >= 11 is 5.97. The first-order chi connectivity index (χ1) is 53.8. The first-order valence-electron chi connectivity index (χ1n) is 35.6. The van der Waals surface area contributed by atoms with E-state index in [1.807, 2.05) is 58.9 Å². The molecule has 9 aromatic rings. The van der Waals surface area contributed by atoms with Crippen LogP contribution < -0.4 is 49.8 Å². The molecule has 1 atom stereocenters. The highest BCUT2D eigenvalue weighted by Crippen LogP contribution is 2.56. The minimum absolute atomic E-state index is 0.0445. The molecule has 20 nitrogen and oxygen atoms in total. The van der Waals surface area contributed by atoms with Crippen molar-refractivity contribution in [1.82, 2.24) is 15.0 Å². The van der Waals surface area contributed by atoms with Gasteiger partial charge >= 0.3 is 38.4 Å². The van der Waals surface area contributed by atoms with Crippen LogP contribution in [0.3, 0.4) is 0 Å². The molecule has 6 aromatic carbocycles. The summed E-state index contributed by atoms with van der Waals surface area (Å²) in [4.78, 5) is 74.7. The van der Waals surface area contributed by atoms with Gasteiger partial charge in [0, 0.05) is 22.3 Å². The van der Waals surface area contributed by atoms with E-state index in [0.717, 1.165) is 28.7 Å². The summed E-state index contributed by atoms with van der Waals surface area (Å²) < 4.78 is 195. The number of alkyl halides is 12. The van der Waals surface area contributed by atoms with Crippen molar-refractivity contribution in [2.75, 3.05) is 16.0 Å². The quantitative estimate of drug-likeness (QED) is 0.0322. The normalized spacial score (nSPS) is 18.3. The number of aromatic nitrogens is 3. The monoisotopic (exact) mass is 1620 g/mol. The Morgan fingerprint density at radius 1 is 0.443 bits per heavy atom. The van der Waals surface area contributed by atoms with Crippen LogP contribution in [0.15, 0.2) is 164 Å². The van der Waals surface area contributed by atoms with E-state index in [0.29, 0.717) is 99.8 Å². The lowest BCUT2D eigenvalue weighted by atomic mass is 9.79. The van der Waals surface area contributed by atoms with E-state index in [1.54, 1.807) is 69.3 Å². The third-order valence-electron chi connectivity index (χ3n) is 20.7. The number of pyridine rings is 3. The predicted molar refractivity (Wildman–Crippen MR) is 393 cm³/mol. The predicted octanol–water partition coefficient (Wildman–Crippen LogP) is 17.7. The molecule has 7 heterocycles. The Bertz CT molecular complexity index is 5320. The highest BCUT2D eigenvalue weighted by Gasteiger charge is 2.57. The summed E-state index contributed by atoms with van der Waals surface area (Å²) in [6.07, 6.45) is -20.4. The number of aryl methyl sites for hydroxylation is 3. The minimum Gasteiger partial charge on any atom is -0.399 e. The molecule has 0 spiro atoms. The third kappa shape index (κ3) is 17.4. The summed E-state index contributed by atoms with van der Waals surface area (Å²) in [7, 11) is -0.365. The maximum atomic E-state index is 13.4.